The molecule has 0 saturated heterocycles. The van der Waals surface area contributed by atoms with Gasteiger partial charge in [0.05, 0.1) is 0 Å². The Bertz CT molecular complexity index is 3330. The predicted octanol–water partition coefficient (Wildman–Crippen LogP) is 14.0. The summed E-state index contributed by atoms with van der Waals surface area (Å²) in [6.45, 7) is 0. The third kappa shape index (κ3) is 5.42. The molecule has 5 heteroatoms. The smallest absolute Gasteiger partial charge is 0.164 e. The molecule has 2 unspecified atom stereocenters. The van der Waals surface area contributed by atoms with E-state index >= 15 is 0 Å². The molecular formula is C53H33N3OS. The van der Waals surface area contributed by atoms with Gasteiger partial charge >= 0.3 is 0 Å². The molecule has 0 radical (unpaired) electrons. The van der Waals surface area contributed by atoms with E-state index in [-0.39, 0.29) is 11.2 Å². The number of furan rings is 1. The molecule has 10 aromatic rings. The maximum atomic E-state index is 6.45. The second kappa shape index (κ2) is 13.3. The van der Waals surface area contributed by atoms with Crippen LogP contribution in [-0.2, 0) is 0 Å². The van der Waals surface area contributed by atoms with Crippen LogP contribution in [0.25, 0.3) is 94.1 Å². The van der Waals surface area contributed by atoms with Crippen molar-refractivity contribution in [2.45, 2.75) is 16.1 Å². The van der Waals surface area contributed by atoms with Crippen LogP contribution in [-0.4, -0.2) is 20.2 Å². The van der Waals surface area contributed by atoms with Crippen molar-refractivity contribution in [2.75, 3.05) is 0 Å². The first-order valence-corrected chi connectivity index (χ1v) is 20.5. The Kier molecular flexibility index (Phi) is 7.57. The monoisotopic (exact) mass is 759 g/mol. The van der Waals surface area contributed by atoms with Crippen molar-refractivity contribution < 1.29 is 4.42 Å². The van der Waals surface area contributed by atoms with E-state index in [2.05, 4.69) is 170 Å². The third-order valence-corrected chi connectivity index (χ3v) is 13.1. The molecule has 0 N–H and O–H groups in total. The van der Waals surface area contributed by atoms with Crippen molar-refractivity contribution >= 4 is 60.8 Å². The van der Waals surface area contributed by atoms with Gasteiger partial charge in [-0.2, -0.15) is 0 Å². The maximum Gasteiger partial charge on any atom is 0.164 e. The molecule has 0 spiro atoms. The molecule has 12 rings (SSSR count). The fraction of sp³-hybridized carbons (Fsp3) is 0.0377. The number of aromatic nitrogens is 3. The molecule has 1 aliphatic heterocycles. The van der Waals surface area contributed by atoms with Crippen LogP contribution < -0.4 is 0 Å². The molecular weight excluding hydrogens is 727 g/mol. The number of benzene rings is 8. The van der Waals surface area contributed by atoms with Crippen molar-refractivity contribution in [2.24, 2.45) is 0 Å². The Morgan fingerprint density at radius 2 is 1.16 bits per heavy atom. The summed E-state index contributed by atoms with van der Waals surface area (Å²) in [7, 11) is 0. The second-order valence-electron chi connectivity index (χ2n) is 15.1. The standard InChI is InChI=1S/C53H33N3OS/c1-2-11-34(12-3-1)51-54-52(56-53(55-51)44-17-8-16-43-42-14-6-7-19-48(42)58-50(43)44)35-23-20-33(21-24-35)41-15-9-18-47-49(41)45-31-37(27-29-46(45)57-47)36-26-28-40-38(30-36)25-22-32-10-4-5-13-39(32)40/h1-31,43,50H. The summed E-state index contributed by atoms with van der Waals surface area (Å²) in [5.74, 6) is 2.33. The molecule has 8 aromatic carbocycles. The lowest BCUT2D eigenvalue weighted by atomic mass is 9.88. The van der Waals surface area contributed by atoms with Gasteiger partial charge in [-0.1, -0.05) is 158 Å². The summed E-state index contributed by atoms with van der Waals surface area (Å²) >= 11 is 1.90. The van der Waals surface area contributed by atoms with Crippen molar-refractivity contribution in [1.82, 2.24) is 15.0 Å². The van der Waals surface area contributed by atoms with Gasteiger partial charge in [0.1, 0.15) is 11.2 Å². The van der Waals surface area contributed by atoms with Gasteiger partial charge in [-0.3, -0.25) is 0 Å². The van der Waals surface area contributed by atoms with E-state index in [0.29, 0.717) is 11.6 Å². The fourth-order valence-electron chi connectivity index (χ4n) is 8.86. The quantitative estimate of drug-likeness (QED) is 0.164. The molecule has 2 aliphatic rings. The number of rotatable bonds is 5. The van der Waals surface area contributed by atoms with E-state index in [4.69, 9.17) is 19.4 Å². The second-order valence-corrected chi connectivity index (χ2v) is 16.3. The molecule has 272 valence electrons. The molecule has 2 atom stereocenters. The Hall–Kier alpha value is -7.08. The van der Waals surface area contributed by atoms with E-state index in [1.165, 1.54) is 37.6 Å². The van der Waals surface area contributed by atoms with Crippen molar-refractivity contribution in [3.8, 4) is 45.0 Å². The van der Waals surface area contributed by atoms with Crippen LogP contribution in [0.4, 0.5) is 0 Å². The van der Waals surface area contributed by atoms with Crippen LogP contribution >= 0.6 is 11.8 Å². The topological polar surface area (TPSA) is 51.8 Å². The summed E-state index contributed by atoms with van der Waals surface area (Å²) in [5.41, 5.74) is 10.7. The van der Waals surface area contributed by atoms with E-state index < -0.39 is 0 Å². The number of hydrogen-bond donors (Lipinski definition) is 0. The summed E-state index contributed by atoms with van der Waals surface area (Å²) in [6.07, 6.45) is 6.65. The maximum absolute atomic E-state index is 6.45. The Morgan fingerprint density at radius 3 is 2.05 bits per heavy atom. The average Bonchev–Trinajstić information content (AvgIpc) is 3.87. The molecule has 0 amide bonds. The number of fused-ring (bicyclic) bond motifs is 9. The minimum atomic E-state index is 0.205. The molecule has 0 saturated carbocycles. The SMILES string of the molecule is C1=CC2c3ccccc3SC2C(c2nc(-c3ccccc3)nc(-c3ccc(-c4cccc5oc6ccc(-c7ccc8c(ccc9ccccc98)c7)cc6c45)cc3)n2)=C1. The third-order valence-electron chi connectivity index (χ3n) is 11.7. The first-order chi connectivity index (χ1) is 28.7. The minimum Gasteiger partial charge on any atom is -0.456 e. The Morgan fingerprint density at radius 1 is 0.466 bits per heavy atom. The molecule has 58 heavy (non-hydrogen) atoms. The summed E-state index contributed by atoms with van der Waals surface area (Å²) in [4.78, 5) is 16.7. The number of allylic oxidation sites excluding steroid dienone is 3. The lowest BCUT2D eigenvalue weighted by Crippen LogP contribution is -2.16. The summed E-state index contributed by atoms with van der Waals surface area (Å²) in [5, 5.41) is 7.44. The first kappa shape index (κ1) is 33.1. The average molecular weight is 760 g/mol. The van der Waals surface area contributed by atoms with Gasteiger partial charge in [-0.05, 0) is 79.7 Å². The Labute approximate surface area is 339 Å². The van der Waals surface area contributed by atoms with Gasteiger partial charge in [-0.15, -0.1) is 11.8 Å². The van der Waals surface area contributed by atoms with Crippen molar-refractivity contribution in [1.29, 1.82) is 0 Å². The van der Waals surface area contributed by atoms with Crippen LogP contribution in [0.2, 0.25) is 0 Å². The number of nitrogens with zero attached hydrogens (tertiary/aromatic N) is 3. The largest absolute Gasteiger partial charge is 0.456 e. The highest BCUT2D eigenvalue weighted by Crippen LogP contribution is 2.52. The summed E-state index contributed by atoms with van der Waals surface area (Å²) < 4.78 is 6.45. The number of hydrogen-bond acceptors (Lipinski definition) is 5. The van der Waals surface area contributed by atoms with Crippen LogP contribution in [0.3, 0.4) is 0 Å². The van der Waals surface area contributed by atoms with E-state index in [9.17, 15) is 0 Å². The molecule has 1 aliphatic carbocycles. The van der Waals surface area contributed by atoms with E-state index in [0.717, 1.165) is 61.2 Å². The van der Waals surface area contributed by atoms with Crippen LogP contribution in [0.5, 0.6) is 0 Å². The van der Waals surface area contributed by atoms with Crippen molar-refractivity contribution in [3.05, 3.63) is 199 Å². The lowest BCUT2D eigenvalue weighted by Gasteiger charge is -2.22. The van der Waals surface area contributed by atoms with Crippen LogP contribution in [0.1, 0.15) is 17.3 Å². The first-order valence-electron chi connectivity index (χ1n) is 19.7. The molecule has 4 nitrogen and oxygen atoms in total. The van der Waals surface area contributed by atoms with Crippen LogP contribution in [0.15, 0.2) is 197 Å². The van der Waals surface area contributed by atoms with Crippen LogP contribution in [0, 0.1) is 0 Å². The zero-order valence-electron chi connectivity index (χ0n) is 31.2. The molecule has 2 aromatic heterocycles. The lowest BCUT2D eigenvalue weighted by molar-refractivity contribution is 0.669. The zero-order chi connectivity index (χ0) is 38.2. The van der Waals surface area contributed by atoms with Gasteiger partial charge in [-0.25, -0.2) is 15.0 Å². The fourth-order valence-corrected chi connectivity index (χ4v) is 10.3. The minimum absolute atomic E-state index is 0.205. The number of thioether (sulfide) groups is 1. The predicted molar refractivity (Wildman–Crippen MR) is 240 cm³/mol. The van der Waals surface area contributed by atoms with Gasteiger partial charge in [0.15, 0.2) is 17.5 Å². The van der Waals surface area contributed by atoms with Gasteiger partial charge in [0, 0.05) is 43.5 Å². The highest BCUT2D eigenvalue weighted by atomic mass is 32.2. The molecule has 0 fully saturated rings. The van der Waals surface area contributed by atoms with Gasteiger partial charge in [0.2, 0.25) is 0 Å². The van der Waals surface area contributed by atoms with Gasteiger partial charge < -0.3 is 4.42 Å². The van der Waals surface area contributed by atoms with Gasteiger partial charge in [0.25, 0.3) is 0 Å². The normalized spacial score (nSPS) is 15.9. The Balaban J connectivity index is 0.928. The highest BCUT2D eigenvalue weighted by Gasteiger charge is 2.37. The van der Waals surface area contributed by atoms with Crippen molar-refractivity contribution in [3.63, 3.8) is 0 Å². The van der Waals surface area contributed by atoms with E-state index in [1.807, 2.05) is 30.0 Å². The molecule has 3 heterocycles. The highest BCUT2D eigenvalue weighted by molar-refractivity contribution is 8.00. The molecule has 0 bridgehead atoms. The summed E-state index contributed by atoms with van der Waals surface area (Å²) in [6, 6.07) is 60.2. The zero-order valence-corrected chi connectivity index (χ0v) is 32.0. The van der Waals surface area contributed by atoms with E-state index in [1.54, 1.807) is 0 Å².